The average molecular weight is 1110 g/mol. The molecule has 0 heterocycles. The quantitative estimate of drug-likeness (QED) is 0.0320. The SMILES string of the molecule is CCCC/C=C\CCCCCCCC(=O)OCCCCCCCCCCCCCCCC/C=C\CCCCCCCCCCCCCCCCCCCC(=O)NC(CO)C(O)CCCCCCCCCCCCCCCCCC. The van der Waals surface area contributed by atoms with Crippen LogP contribution in [0.15, 0.2) is 24.3 Å². The van der Waals surface area contributed by atoms with Crippen LogP contribution in [0, 0.1) is 0 Å². The molecule has 0 saturated carbocycles. The van der Waals surface area contributed by atoms with Crippen molar-refractivity contribution in [1.82, 2.24) is 5.32 Å². The first-order chi connectivity index (χ1) is 39.0. The highest BCUT2D eigenvalue weighted by Gasteiger charge is 2.20. The zero-order valence-corrected chi connectivity index (χ0v) is 53.6. The summed E-state index contributed by atoms with van der Waals surface area (Å²) in [6.07, 6.45) is 86.8. The number of carbonyl (C=O) groups is 2. The summed E-state index contributed by atoms with van der Waals surface area (Å²) in [5.41, 5.74) is 0. The molecular formula is C73H141NO5. The van der Waals surface area contributed by atoms with Crippen molar-refractivity contribution in [2.45, 2.75) is 418 Å². The van der Waals surface area contributed by atoms with E-state index in [0.717, 1.165) is 44.9 Å². The van der Waals surface area contributed by atoms with Gasteiger partial charge in [0.1, 0.15) is 0 Å². The maximum atomic E-state index is 12.5. The predicted molar refractivity (Wildman–Crippen MR) is 347 cm³/mol. The fourth-order valence-electron chi connectivity index (χ4n) is 11.4. The minimum absolute atomic E-state index is 0.00954. The zero-order valence-electron chi connectivity index (χ0n) is 53.6. The first kappa shape index (κ1) is 77.3. The third-order valence-electron chi connectivity index (χ3n) is 17.0. The van der Waals surface area contributed by atoms with Crippen molar-refractivity contribution in [2.75, 3.05) is 13.2 Å². The molecule has 0 radical (unpaired) electrons. The van der Waals surface area contributed by atoms with E-state index in [9.17, 15) is 19.8 Å². The lowest BCUT2D eigenvalue weighted by atomic mass is 10.0. The molecule has 0 aliphatic carbocycles. The Balaban J connectivity index is 3.34. The van der Waals surface area contributed by atoms with Gasteiger partial charge in [0.15, 0.2) is 0 Å². The van der Waals surface area contributed by atoms with Gasteiger partial charge in [-0.3, -0.25) is 9.59 Å². The summed E-state index contributed by atoms with van der Waals surface area (Å²) in [5.74, 6) is -0.0184. The molecule has 0 rings (SSSR count). The number of allylic oxidation sites excluding steroid dienone is 4. The molecule has 0 aromatic heterocycles. The van der Waals surface area contributed by atoms with Crippen molar-refractivity contribution in [2.24, 2.45) is 0 Å². The van der Waals surface area contributed by atoms with E-state index >= 15 is 0 Å². The Morgan fingerprint density at radius 3 is 0.937 bits per heavy atom. The highest BCUT2D eigenvalue weighted by Crippen LogP contribution is 2.19. The van der Waals surface area contributed by atoms with Crippen LogP contribution in [0.3, 0.4) is 0 Å². The van der Waals surface area contributed by atoms with E-state index in [-0.39, 0.29) is 18.5 Å². The largest absolute Gasteiger partial charge is 0.466 e. The van der Waals surface area contributed by atoms with Crippen LogP contribution < -0.4 is 5.32 Å². The molecule has 0 aliphatic heterocycles. The molecule has 6 nitrogen and oxygen atoms in total. The van der Waals surface area contributed by atoms with Gasteiger partial charge >= 0.3 is 5.97 Å². The number of carbonyl (C=O) groups excluding carboxylic acids is 2. The third kappa shape index (κ3) is 65.4. The number of aliphatic hydroxyl groups is 2. The number of rotatable bonds is 68. The lowest BCUT2D eigenvalue weighted by Crippen LogP contribution is -2.45. The minimum Gasteiger partial charge on any atom is -0.466 e. The smallest absolute Gasteiger partial charge is 0.305 e. The molecule has 0 saturated heterocycles. The number of ether oxygens (including phenoxy) is 1. The fraction of sp³-hybridized carbons (Fsp3) is 0.918. The number of esters is 1. The van der Waals surface area contributed by atoms with Crippen LogP contribution in [0.4, 0.5) is 0 Å². The number of unbranched alkanes of at least 4 members (excludes halogenated alkanes) is 53. The second-order valence-electron chi connectivity index (χ2n) is 24.9. The van der Waals surface area contributed by atoms with Crippen LogP contribution in [-0.2, 0) is 14.3 Å². The summed E-state index contributed by atoms with van der Waals surface area (Å²) in [4.78, 5) is 24.5. The van der Waals surface area contributed by atoms with E-state index < -0.39 is 12.1 Å². The first-order valence-electron chi connectivity index (χ1n) is 36.1. The number of hydrogen-bond acceptors (Lipinski definition) is 5. The predicted octanol–water partition coefficient (Wildman–Crippen LogP) is 23.3. The average Bonchev–Trinajstić information content (AvgIpc) is 3.45. The van der Waals surface area contributed by atoms with Crippen LogP contribution in [0.5, 0.6) is 0 Å². The Kier molecular flexibility index (Phi) is 67.4. The number of aliphatic hydroxyl groups excluding tert-OH is 2. The Labute approximate surface area is 494 Å². The van der Waals surface area contributed by atoms with Crippen molar-refractivity contribution in [1.29, 1.82) is 0 Å². The maximum absolute atomic E-state index is 12.5. The summed E-state index contributed by atoms with van der Waals surface area (Å²) in [6, 6.07) is -0.538. The normalized spacial score (nSPS) is 12.6. The zero-order chi connectivity index (χ0) is 57.1. The van der Waals surface area contributed by atoms with Gasteiger partial charge in [0.25, 0.3) is 0 Å². The van der Waals surface area contributed by atoms with Gasteiger partial charge in [-0.15, -0.1) is 0 Å². The highest BCUT2D eigenvalue weighted by molar-refractivity contribution is 5.76. The standard InChI is InChI=1S/C73H141NO5/c1-3-5-7-9-11-13-15-16-17-39-42-46-49-53-57-61-65-71(76)70(69-75)74-72(77)66-62-58-54-50-47-43-40-37-35-33-31-29-27-25-23-21-19-18-20-22-24-26-28-30-32-34-36-38-41-44-48-52-56-60-64-68-79-73(78)67-63-59-55-51-45-14-12-10-8-6-4-2/h10,12,20,22,70-71,75-76H,3-9,11,13-19,21,23-69H2,1-2H3,(H,74,77)/b12-10-,22-20-. The molecule has 0 spiro atoms. The molecule has 2 unspecified atom stereocenters. The fourth-order valence-corrected chi connectivity index (χ4v) is 11.4. The van der Waals surface area contributed by atoms with Crippen molar-refractivity contribution < 1.29 is 24.5 Å². The Morgan fingerprint density at radius 1 is 0.342 bits per heavy atom. The van der Waals surface area contributed by atoms with Crippen LogP contribution in [0.25, 0.3) is 0 Å². The maximum Gasteiger partial charge on any atom is 0.305 e. The Morgan fingerprint density at radius 2 is 0.608 bits per heavy atom. The molecule has 0 aromatic carbocycles. The third-order valence-corrected chi connectivity index (χ3v) is 17.0. The minimum atomic E-state index is -0.661. The Hall–Kier alpha value is -1.66. The summed E-state index contributed by atoms with van der Waals surface area (Å²) in [7, 11) is 0. The van der Waals surface area contributed by atoms with Crippen molar-refractivity contribution in [3.63, 3.8) is 0 Å². The van der Waals surface area contributed by atoms with Gasteiger partial charge in [0, 0.05) is 12.8 Å². The first-order valence-corrected chi connectivity index (χ1v) is 36.1. The van der Waals surface area contributed by atoms with E-state index in [0.29, 0.717) is 25.9 Å². The summed E-state index contributed by atoms with van der Waals surface area (Å²) in [5, 5.41) is 23.4. The van der Waals surface area contributed by atoms with Crippen molar-refractivity contribution >= 4 is 11.9 Å². The van der Waals surface area contributed by atoms with Gasteiger partial charge in [-0.2, -0.15) is 0 Å². The molecule has 2 atom stereocenters. The summed E-state index contributed by atoms with van der Waals surface area (Å²) in [6.45, 7) is 4.95. The van der Waals surface area contributed by atoms with E-state index in [1.54, 1.807) is 0 Å². The molecular weight excluding hydrogens is 971 g/mol. The second kappa shape index (κ2) is 68.8. The van der Waals surface area contributed by atoms with E-state index in [1.807, 2.05) is 0 Å². The van der Waals surface area contributed by atoms with Crippen LogP contribution in [0.2, 0.25) is 0 Å². The van der Waals surface area contributed by atoms with E-state index in [1.165, 1.54) is 327 Å². The molecule has 79 heavy (non-hydrogen) atoms. The highest BCUT2D eigenvalue weighted by atomic mass is 16.5. The van der Waals surface area contributed by atoms with Crippen molar-refractivity contribution in [3.05, 3.63) is 24.3 Å². The van der Waals surface area contributed by atoms with Gasteiger partial charge in [0.05, 0.1) is 25.4 Å². The molecule has 6 heteroatoms. The van der Waals surface area contributed by atoms with Gasteiger partial charge in [-0.05, 0) is 70.6 Å². The van der Waals surface area contributed by atoms with Gasteiger partial charge < -0.3 is 20.3 Å². The summed E-state index contributed by atoms with van der Waals surface area (Å²) < 4.78 is 5.47. The number of hydrogen-bond donors (Lipinski definition) is 3. The van der Waals surface area contributed by atoms with E-state index in [4.69, 9.17) is 4.74 Å². The molecule has 0 aromatic rings. The molecule has 0 aliphatic rings. The molecule has 0 fully saturated rings. The summed E-state index contributed by atoms with van der Waals surface area (Å²) >= 11 is 0. The molecule has 1 amide bonds. The van der Waals surface area contributed by atoms with Crippen LogP contribution in [0.1, 0.15) is 406 Å². The van der Waals surface area contributed by atoms with E-state index in [2.05, 4.69) is 43.5 Å². The second-order valence-corrected chi connectivity index (χ2v) is 24.9. The van der Waals surface area contributed by atoms with Crippen molar-refractivity contribution in [3.8, 4) is 0 Å². The van der Waals surface area contributed by atoms with Gasteiger partial charge in [0.2, 0.25) is 5.91 Å². The lowest BCUT2D eigenvalue weighted by molar-refractivity contribution is -0.143. The molecule has 468 valence electrons. The lowest BCUT2D eigenvalue weighted by Gasteiger charge is -2.22. The Bertz CT molecular complexity index is 1230. The van der Waals surface area contributed by atoms with Gasteiger partial charge in [-0.1, -0.05) is 346 Å². The number of nitrogens with one attached hydrogen (secondary N) is 1. The van der Waals surface area contributed by atoms with Crippen LogP contribution in [-0.4, -0.2) is 47.4 Å². The van der Waals surface area contributed by atoms with Crippen LogP contribution >= 0.6 is 0 Å². The van der Waals surface area contributed by atoms with Gasteiger partial charge in [-0.25, -0.2) is 0 Å². The molecule has 3 N–H and O–H groups in total. The monoisotopic (exact) mass is 1110 g/mol. The number of amides is 1. The topological polar surface area (TPSA) is 95.9 Å². The molecule has 0 bridgehead atoms.